The van der Waals surface area contributed by atoms with E-state index in [1.54, 1.807) is 0 Å². The number of halogens is 2. The first kappa shape index (κ1) is 18.2. The number of likely N-dealkylation sites (N-methyl/N-ethyl adjacent to an activating group) is 1. The maximum absolute atomic E-state index is 6.13. The van der Waals surface area contributed by atoms with Crippen molar-refractivity contribution in [1.82, 2.24) is 10.1 Å². The summed E-state index contributed by atoms with van der Waals surface area (Å²) in [5, 5.41) is 5.89. The summed E-state index contributed by atoms with van der Waals surface area (Å²) < 4.78 is 5.93. The van der Waals surface area contributed by atoms with Gasteiger partial charge < -0.3 is 4.52 Å². The quantitative estimate of drug-likeness (QED) is 0.499. The van der Waals surface area contributed by atoms with E-state index in [4.69, 9.17) is 27.7 Å². The molecule has 2 fully saturated rings. The molecule has 2 aromatic carbocycles. The Morgan fingerprint density at radius 2 is 1.64 bits per heavy atom. The van der Waals surface area contributed by atoms with Gasteiger partial charge in [-0.1, -0.05) is 52.6 Å². The fourth-order valence-electron chi connectivity index (χ4n) is 5.11. The van der Waals surface area contributed by atoms with Crippen LogP contribution in [0.3, 0.4) is 0 Å². The molecular weight excluding hydrogens is 391 g/mol. The Balaban J connectivity index is 1.53. The van der Waals surface area contributed by atoms with E-state index in [9.17, 15) is 0 Å². The minimum atomic E-state index is 0.290. The standard InChI is InChI=1S/C23H22Cl2N2O/c1-27-18-10-11-21(27)23(19(12-18)14-2-6-16(24)7-3-14)22-13-20(26-28-22)15-4-8-17(25)9-5-15/h2-9,13,18-19,21,23H,10-12H2,1H3/t18-,19+,21+,23-/m0/s1. The molecule has 3 heterocycles. The topological polar surface area (TPSA) is 29.3 Å². The highest BCUT2D eigenvalue weighted by molar-refractivity contribution is 6.30. The maximum Gasteiger partial charge on any atom is 0.142 e. The Kier molecular flexibility index (Phi) is 4.70. The third-order valence-electron chi connectivity index (χ3n) is 6.56. The molecule has 0 aliphatic carbocycles. The summed E-state index contributed by atoms with van der Waals surface area (Å²) in [4.78, 5) is 2.54. The molecule has 5 rings (SSSR count). The Hall–Kier alpha value is -1.81. The first-order chi connectivity index (χ1) is 13.6. The van der Waals surface area contributed by atoms with Crippen LogP contribution in [-0.4, -0.2) is 29.2 Å². The van der Waals surface area contributed by atoms with Crippen LogP contribution in [0.5, 0.6) is 0 Å². The smallest absolute Gasteiger partial charge is 0.142 e. The Morgan fingerprint density at radius 1 is 0.964 bits per heavy atom. The molecule has 1 aromatic heterocycles. The summed E-state index contributed by atoms with van der Waals surface area (Å²) in [6.07, 6.45) is 3.59. The van der Waals surface area contributed by atoms with E-state index in [0.717, 1.165) is 33.5 Å². The van der Waals surface area contributed by atoms with Crippen LogP contribution in [0.15, 0.2) is 59.1 Å². The molecule has 2 saturated heterocycles. The van der Waals surface area contributed by atoms with Gasteiger partial charge >= 0.3 is 0 Å². The van der Waals surface area contributed by atoms with Crippen molar-refractivity contribution in [2.24, 2.45) is 0 Å². The second-order valence-electron chi connectivity index (χ2n) is 8.00. The van der Waals surface area contributed by atoms with Gasteiger partial charge in [0.15, 0.2) is 0 Å². The van der Waals surface area contributed by atoms with Gasteiger partial charge in [-0.3, -0.25) is 4.90 Å². The molecule has 5 heteroatoms. The van der Waals surface area contributed by atoms with Crippen LogP contribution in [0.4, 0.5) is 0 Å². The average molecular weight is 413 g/mol. The van der Waals surface area contributed by atoms with Gasteiger partial charge in [0.25, 0.3) is 0 Å². The number of rotatable bonds is 3. The van der Waals surface area contributed by atoms with Gasteiger partial charge in [0.2, 0.25) is 0 Å². The number of piperidine rings is 1. The molecule has 0 unspecified atom stereocenters. The Bertz CT molecular complexity index is 967. The van der Waals surface area contributed by atoms with Crippen molar-refractivity contribution in [2.45, 2.75) is 43.2 Å². The third-order valence-corrected chi connectivity index (χ3v) is 7.07. The summed E-state index contributed by atoms with van der Waals surface area (Å²) in [6, 6.07) is 19.3. The molecule has 28 heavy (non-hydrogen) atoms. The van der Waals surface area contributed by atoms with Gasteiger partial charge in [-0.25, -0.2) is 0 Å². The van der Waals surface area contributed by atoms with Crippen LogP contribution in [0.2, 0.25) is 10.0 Å². The molecule has 3 nitrogen and oxygen atoms in total. The van der Waals surface area contributed by atoms with Crippen molar-refractivity contribution >= 4 is 23.2 Å². The van der Waals surface area contributed by atoms with Crippen LogP contribution >= 0.6 is 23.2 Å². The largest absolute Gasteiger partial charge is 0.360 e. The number of fused-ring (bicyclic) bond motifs is 2. The van der Waals surface area contributed by atoms with Crippen LogP contribution in [0, 0.1) is 0 Å². The minimum Gasteiger partial charge on any atom is -0.360 e. The zero-order chi connectivity index (χ0) is 19.3. The van der Waals surface area contributed by atoms with Crippen molar-refractivity contribution in [3.8, 4) is 11.3 Å². The van der Waals surface area contributed by atoms with Crippen molar-refractivity contribution in [2.75, 3.05) is 7.05 Å². The summed E-state index contributed by atoms with van der Waals surface area (Å²) in [6.45, 7) is 0. The second-order valence-corrected chi connectivity index (χ2v) is 8.88. The average Bonchev–Trinajstić information content (AvgIpc) is 3.26. The third kappa shape index (κ3) is 3.16. The normalized spacial score (nSPS) is 27.2. The molecule has 0 N–H and O–H groups in total. The summed E-state index contributed by atoms with van der Waals surface area (Å²) in [5.41, 5.74) is 3.23. The molecule has 0 spiro atoms. The Morgan fingerprint density at radius 3 is 2.36 bits per heavy atom. The lowest BCUT2D eigenvalue weighted by Gasteiger charge is -2.42. The predicted octanol–water partition coefficient (Wildman–Crippen LogP) is 6.38. The van der Waals surface area contributed by atoms with E-state index in [0.29, 0.717) is 23.9 Å². The second kappa shape index (κ2) is 7.22. The minimum absolute atomic E-state index is 0.290. The van der Waals surface area contributed by atoms with Crippen molar-refractivity contribution in [3.05, 3.63) is 76.0 Å². The number of hydrogen-bond acceptors (Lipinski definition) is 3. The van der Waals surface area contributed by atoms with E-state index < -0.39 is 0 Å². The number of hydrogen-bond donors (Lipinski definition) is 0. The van der Waals surface area contributed by atoms with Crippen LogP contribution in [0.1, 0.15) is 42.4 Å². The van der Waals surface area contributed by atoms with Crippen molar-refractivity contribution in [1.29, 1.82) is 0 Å². The molecule has 0 saturated carbocycles. The maximum atomic E-state index is 6.13. The number of aromatic nitrogens is 1. The molecule has 2 aliphatic rings. The van der Waals surface area contributed by atoms with Gasteiger partial charge in [0.05, 0.1) is 0 Å². The molecule has 2 aliphatic heterocycles. The van der Waals surface area contributed by atoms with E-state index >= 15 is 0 Å². The van der Waals surface area contributed by atoms with E-state index in [-0.39, 0.29) is 0 Å². The van der Waals surface area contributed by atoms with Gasteiger partial charge in [-0.15, -0.1) is 0 Å². The first-order valence-corrected chi connectivity index (χ1v) is 10.6. The van der Waals surface area contributed by atoms with Gasteiger partial charge in [0.1, 0.15) is 11.5 Å². The lowest BCUT2D eigenvalue weighted by atomic mass is 9.75. The predicted molar refractivity (Wildman–Crippen MR) is 113 cm³/mol. The van der Waals surface area contributed by atoms with Gasteiger partial charge in [0, 0.05) is 39.7 Å². The number of benzene rings is 2. The molecule has 4 atom stereocenters. The summed E-state index contributed by atoms with van der Waals surface area (Å²) in [7, 11) is 2.25. The molecule has 0 amide bonds. The van der Waals surface area contributed by atoms with Crippen LogP contribution in [0.25, 0.3) is 11.3 Å². The van der Waals surface area contributed by atoms with E-state index in [1.807, 2.05) is 36.4 Å². The van der Waals surface area contributed by atoms with E-state index in [2.05, 4.69) is 35.3 Å². The number of nitrogens with zero attached hydrogens (tertiary/aromatic N) is 2. The molecule has 2 bridgehead atoms. The zero-order valence-electron chi connectivity index (χ0n) is 15.7. The molecule has 0 radical (unpaired) electrons. The highest BCUT2D eigenvalue weighted by Crippen LogP contribution is 2.51. The highest BCUT2D eigenvalue weighted by atomic mass is 35.5. The van der Waals surface area contributed by atoms with Crippen molar-refractivity contribution in [3.63, 3.8) is 0 Å². The highest BCUT2D eigenvalue weighted by Gasteiger charge is 2.48. The Labute approximate surface area is 175 Å². The lowest BCUT2D eigenvalue weighted by Crippen LogP contribution is -2.44. The fraction of sp³-hybridized carbons (Fsp3) is 0.348. The van der Waals surface area contributed by atoms with E-state index in [1.165, 1.54) is 18.4 Å². The lowest BCUT2D eigenvalue weighted by molar-refractivity contribution is 0.122. The monoisotopic (exact) mass is 412 g/mol. The fourth-order valence-corrected chi connectivity index (χ4v) is 5.36. The zero-order valence-corrected chi connectivity index (χ0v) is 17.2. The first-order valence-electron chi connectivity index (χ1n) is 9.80. The van der Waals surface area contributed by atoms with Gasteiger partial charge in [-0.05, 0) is 62.1 Å². The molecule has 144 valence electrons. The molecular formula is C23H22Cl2N2O. The SMILES string of the molecule is CN1[C@H]2CC[C@@H]1[C@@H](c1cc(-c3ccc(Cl)cc3)no1)[C@@H](c1ccc(Cl)cc1)C2. The van der Waals surface area contributed by atoms with Crippen LogP contribution < -0.4 is 0 Å². The summed E-state index contributed by atoms with van der Waals surface area (Å²) >= 11 is 12.2. The molecule has 3 aromatic rings. The summed E-state index contributed by atoms with van der Waals surface area (Å²) in [5.74, 6) is 1.68. The van der Waals surface area contributed by atoms with Crippen LogP contribution in [-0.2, 0) is 0 Å². The van der Waals surface area contributed by atoms with Gasteiger partial charge in [-0.2, -0.15) is 0 Å². The van der Waals surface area contributed by atoms with Crippen molar-refractivity contribution < 1.29 is 4.52 Å².